The molecule has 2 aromatic rings. The molecule has 196 valence electrons. The zero-order valence-corrected chi connectivity index (χ0v) is 21.7. The summed E-state index contributed by atoms with van der Waals surface area (Å²) in [4.78, 5) is 26.3. The first kappa shape index (κ1) is 26.4. The molecule has 1 saturated heterocycles. The number of rotatable bonds is 9. The molecular formula is C25H32F2N3O5P. The molecule has 2 aliphatic rings. The van der Waals surface area contributed by atoms with Crippen molar-refractivity contribution in [2.75, 3.05) is 44.0 Å². The fourth-order valence-corrected chi connectivity index (χ4v) is 6.12. The Labute approximate surface area is 208 Å². The first-order chi connectivity index (χ1) is 17.1. The SMILES string of the molecule is CCP(=O)(CC)NC/C(F)=C1/CCCN(c2c(F)cc3c(=O)c(C(=O)O)cn(C4CC4)c3c2OC)C1. The average molecular weight is 524 g/mol. The summed E-state index contributed by atoms with van der Waals surface area (Å²) in [5.41, 5.74) is -0.234. The topological polar surface area (TPSA) is 101 Å². The average Bonchev–Trinajstić information content (AvgIpc) is 3.72. The number of nitrogens with one attached hydrogen (secondary N) is 1. The van der Waals surface area contributed by atoms with Crippen LogP contribution in [0.15, 0.2) is 28.5 Å². The third-order valence-corrected chi connectivity index (χ3v) is 9.88. The maximum atomic E-state index is 15.6. The van der Waals surface area contributed by atoms with Crippen LogP contribution in [0, 0.1) is 5.82 Å². The Bertz CT molecular complexity index is 1330. The summed E-state index contributed by atoms with van der Waals surface area (Å²) in [6.07, 6.45) is 4.87. The molecule has 1 aromatic heterocycles. The van der Waals surface area contributed by atoms with Crippen molar-refractivity contribution in [3.05, 3.63) is 45.3 Å². The minimum absolute atomic E-state index is 0.00781. The number of carboxylic acid groups (broad SMARTS) is 1. The Hall–Kier alpha value is -2.71. The number of anilines is 1. The monoisotopic (exact) mass is 523 g/mol. The summed E-state index contributed by atoms with van der Waals surface area (Å²) in [7, 11) is -1.25. The molecule has 36 heavy (non-hydrogen) atoms. The molecule has 1 aliphatic carbocycles. The number of carbonyl (C=O) groups is 1. The Balaban J connectivity index is 1.78. The zero-order valence-electron chi connectivity index (χ0n) is 20.8. The van der Waals surface area contributed by atoms with Crippen LogP contribution in [0.2, 0.25) is 0 Å². The smallest absolute Gasteiger partial charge is 0.341 e. The molecule has 0 spiro atoms. The van der Waals surface area contributed by atoms with Gasteiger partial charge in [0.1, 0.15) is 24.4 Å². The highest BCUT2D eigenvalue weighted by Crippen LogP contribution is 2.45. The van der Waals surface area contributed by atoms with E-state index in [2.05, 4.69) is 5.09 Å². The Morgan fingerprint density at radius 3 is 2.58 bits per heavy atom. The number of hydrogen-bond acceptors (Lipinski definition) is 5. The normalized spacial score (nSPS) is 18.0. The Morgan fingerprint density at radius 1 is 1.31 bits per heavy atom. The van der Waals surface area contributed by atoms with Gasteiger partial charge in [0.15, 0.2) is 11.6 Å². The van der Waals surface area contributed by atoms with Gasteiger partial charge in [-0.1, -0.05) is 13.8 Å². The molecule has 1 aromatic carbocycles. The van der Waals surface area contributed by atoms with Gasteiger partial charge in [-0.15, -0.1) is 0 Å². The lowest BCUT2D eigenvalue weighted by atomic mass is 10.0. The van der Waals surface area contributed by atoms with Crippen LogP contribution in [0.3, 0.4) is 0 Å². The summed E-state index contributed by atoms with van der Waals surface area (Å²) in [6.45, 7) is 4.04. The standard InChI is InChI=1S/C25H32F2N3O5P/c1-4-36(34,5-2)28-12-20(27)15-7-6-10-29(13-15)22-19(26)11-17-21(24(22)35-3)30(16-8-9-16)14-18(23(17)31)25(32)33/h11,14,16H,4-10,12-13H2,1-3H3,(H,28,34)(H,32,33)/b20-15+. The number of ether oxygens (including phenoxy) is 1. The number of fused-ring (bicyclic) bond motifs is 1. The number of benzene rings is 1. The number of hydrogen-bond donors (Lipinski definition) is 2. The number of aromatic carboxylic acids is 1. The van der Waals surface area contributed by atoms with Crippen LogP contribution in [0.4, 0.5) is 14.5 Å². The van der Waals surface area contributed by atoms with Gasteiger partial charge in [0.25, 0.3) is 0 Å². The molecule has 1 aliphatic heterocycles. The molecule has 2 N–H and O–H groups in total. The van der Waals surface area contributed by atoms with E-state index in [1.54, 1.807) is 23.3 Å². The summed E-state index contributed by atoms with van der Waals surface area (Å²) >= 11 is 0. The van der Waals surface area contributed by atoms with Crippen LogP contribution in [0.1, 0.15) is 55.9 Å². The predicted molar refractivity (Wildman–Crippen MR) is 136 cm³/mol. The second-order valence-electron chi connectivity index (χ2n) is 9.34. The summed E-state index contributed by atoms with van der Waals surface area (Å²) in [5.74, 6) is -2.37. The van der Waals surface area contributed by atoms with Gasteiger partial charge in [-0.25, -0.2) is 13.6 Å². The number of halogens is 2. The van der Waals surface area contributed by atoms with E-state index in [-0.39, 0.29) is 36.0 Å². The second-order valence-corrected chi connectivity index (χ2v) is 12.7. The third-order valence-electron chi connectivity index (χ3n) is 7.11. The molecule has 1 saturated carbocycles. The summed E-state index contributed by atoms with van der Waals surface area (Å²) in [5, 5.41) is 12.3. The molecule has 0 amide bonds. The number of piperidine rings is 1. The largest absolute Gasteiger partial charge is 0.492 e. The van der Waals surface area contributed by atoms with Crippen LogP contribution < -0.4 is 20.2 Å². The number of carboxylic acids is 1. The quantitative estimate of drug-likeness (QED) is 0.451. The highest BCUT2D eigenvalue weighted by Gasteiger charge is 2.32. The minimum atomic E-state index is -2.62. The van der Waals surface area contributed by atoms with E-state index in [4.69, 9.17) is 4.74 Å². The van der Waals surface area contributed by atoms with E-state index in [0.29, 0.717) is 42.8 Å². The minimum Gasteiger partial charge on any atom is -0.492 e. The van der Waals surface area contributed by atoms with Crippen molar-refractivity contribution in [2.45, 2.75) is 45.6 Å². The first-order valence-corrected chi connectivity index (χ1v) is 14.3. The molecule has 2 heterocycles. The molecule has 2 fully saturated rings. The van der Waals surface area contributed by atoms with Crippen molar-refractivity contribution in [1.29, 1.82) is 0 Å². The van der Waals surface area contributed by atoms with Crippen molar-refractivity contribution in [3.8, 4) is 5.75 Å². The van der Waals surface area contributed by atoms with Gasteiger partial charge in [0.2, 0.25) is 5.43 Å². The Morgan fingerprint density at radius 2 is 2.00 bits per heavy atom. The fourth-order valence-electron chi connectivity index (χ4n) is 4.79. The van der Waals surface area contributed by atoms with Crippen LogP contribution >= 0.6 is 7.29 Å². The van der Waals surface area contributed by atoms with Gasteiger partial charge in [0, 0.05) is 37.7 Å². The molecule has 0 radical (unpaired) electrons. The maximum Gasteiger partial charge on any atom is 0.341 e. The third kappa shape index (κ3) is 4.93. The molecule has 0 atom stereocenters. The van der Waals surface area contributed by atoms with Crippen molar-refractivity contribution in [3.63, 3.8) is 0 Å². The van der Waals surface area contributed by atoms with E-state index in [1.807, 2.05) is 0 Å². The van der Waals surface area contributed by atoms with E-state index >= 15 is 8.78 Å². The van der Waals surface area contributed by atoms with Gasteiger partial charge in [-0.05, 0) is 37.3 Å². The predicted octanol–water partition coefficient (Wildman–Crippen LogP) is 4.91. The van der Waals surface area contributed by atoms with Crippen LogP contribution in [0.5, 0.6) is 5.75 Å². The molecule has 11 heteroatoms. The molecular weight excluding hydrogens is 491 g/mol. The van der Waals surface area contributed by atoms with Crippen molar-refractivity contribution in [1.82, 2.24) is 9.65 Å². The summed E-state index contributed by atoms with van der Waals surface area (Å²) < 4.78 is 50.6. The van der Waals surface area contributed by atoms with Gasteiger partial charge < -0.3 is 23.9 Å². The van der Waals surface area contributed by atoms with Gasteiger partial charge in [-0.2, -0.15) is 0 Å². The van der Waals surface area contributed by atoms with Crippen molar-refractivity contribution >= 4 is 29.9 Å². The fraction of sp³-hybridized carbons (Fsp3) is 0.520. The zero-order chi connectivity index (χ0) is 26.2. The van der Waals surface area contributed by atoms with E-state index in [0.717, 1.165) is 18.9 Å². The first-order valence-electron chi connectivity index (χ1n) is 12.3. The molecule has 0 unspecified atom stereocenters. The van der Waals surface area contributed by atoms with Crippen LogP contribution in [0.25, 0.3) is 10.9 Å². The van der Waals surface area contributed by atoms with E-state index in [1.165, 1.54) is 13.3 Å². The van der Waals surface area contributed by atoms with Gasteiger partial charge in [-0.3, -0.25) is 9.88 Å². The number of methoxy groups -OCH3 is 1. The molecule has 4 rings (SSSR count). The van der Waals surface area contributed by atoms with Gasteiger partial charge in [0.05, 0.1) is 24.6 Å². The highest BCUT2D eigenvalue weighted by atomic mass is 31.2. The lowest BCUT2D eigenvalue weighted by Crippen LogP contribution is -2.33. The lowest BCUT2D eigenvalue weighted by Gasteiger charge is -2.33. The number of nitrogens with zero attached hydrogens (tertiary/aromatic N) is 2. The maximum absolute atomic E-state index is 15.6. The second kappa shape index (κ2) is 10.3. The van der Waals surface area contributed by atoms with Crippen molar-refractivity contribution < 1.29 is 28.0 Å². The van der Waals surface area contributed by atoms with Gasteiger partial charge >= 0.3 is 5.97 Å². The summed E-state index contributed by atoms with van der Waals surface area (Å²) in [6, 6.07) is 1.06. The number of pyridine rings is 1. The van der Waals surface area contributed by atoms with E-state index < -0.39 is 35.9 Å². The molecule has 8 nitrogen and oxygen atoms in total. The molecule has 0 bridgehead atoms. The van der Waals surface area contributed by atoms with Crippen LogP contribution in [-0.4, -0.2) is 54.7 Å². The van der Waals surface area contributed by atoms with Crippen LogP contribution in [-0.2, 0) is 4.57 Å². The van der Waals surface area contributed by atoms with E-state index in [9.17, 15) is 19.3 Å². The van der Waals surface area contributed by atoms with Crippen molar-refractivity contribution in [2.24, 2.45) is 0 Å². The lowest BCUT2D eigenvalue weighted by molar-refractivity contribution is 0.0694. The number of aromatic nitrogens is 1. The Kier molecular flexibility index (Phi) is 7.57. The highest BCUT2D eigenvalue weighted by molar-refractivity contribution is 7.61.